The Hall–Kier alpha value is -2.21. The van der Waals surface area contributed by atoms with Gasteiger partial charge >= 0.3 is 0 Å². The first-order valence-electron chi connectivity index (χ1n) is 7.09. The molecule has 1 amide bonds. The third-order valence-electron chi connectivity index (χ3n) is 3.12. The summed E-state index contributed by atoms with van der Waals surface area (Å²) in [6.45, 7) is 4.74. The molecule has 0 aliphatic heterocycles. The van der Waals surface area contributed by atoms with E-state index >= 15 is 0 Å². The lowest BCUT2D eigenvalue weighted by atomic mass is 10.3. The van der Waals surface area contributed by atoms with E-state index in [9.17, 15) is 4.79 Å². The molecule has 0 spiro atoms. The molecular formula is C15H18ClN5O. The Labute approximate surface area is 134 Å². The molecule has 0 saturated heterocycles. The van der Waals surface area contributed by atoms with Gasteiger partial charge in [-0.05, 0) is 25.5 Å². The van der Waals surface area contributed by atoms with Gasteiger partial charge in [-0.2, -0.15) is 10.2 Å². The number of carbonyl (C=O) groups excluding carboxylic acids is 1. The van der Waals surface area contributed by atoms with Crippen molar-refractivity contribution in [3.63, 3.8) is 0 Å². The zero-order valence-corrected chi connectivity index (χ0v) is 13.3. The number of hydrogen-bond acceptors (Lipinski definition) is 4. The van der Waals surface area contributed by atoms with Gasteiger partial charge in [-0.25, -0.2) is 5.43 Å². The van der Waals surface area contributed by atoms with Crippen LogP contribution in [0.15, 0.2) is 29.6 Å². The maximum atomic E-state index is 11.8. The molecule has 0 radical (unpaired) electrons. The van der Waals surface area contributed by atoms with E-state index in [2.05, 4.69) is 27.5 Å². The number of hydrazone groups is 1. The largest absolute Gasteiger partial charge is 0.272 e. The molecule has 2 aromatic heterocycles. The average molecular weight is 320 g/mol. The molecule has 0 aromatic carbocycles. The molecule has 0 aliphatic carbocycles. The minimum absolute atomic E-state index is 0.323. The van der Waals surface area contributed by atoms with Crippen LogP contribution in [0.25, 0.3) is 0 Å². The molecule has 0 saturated carbocycles. The van der Waals surface area contributed by atoms with Gasteiger partial charge < -0.3 is 0 Å². The zero-order chi connectivity index (χ0) is 15.9. The molecule has 2 heterocycles. The highest BCUT2D eigenvalue weighted by molar-refractivity contribution is 6.32. The lowest BCUT2D eigenvalue weighted by molar-refractivity contribution is 0.0955. The molecule has 7 heteroatoms. The third kappa shape index (κ3) is 3.92. The summed E-state index contributed by atoms with van der Waals surface area (Å²) < 4.78 is 1.75. The van der Waals surface area contributed by atoms with Gasteiger partial charge in [0.25, 0.3) is 5.91 Å². The van der Waals surface area contributed by atoms with Gasteiger partial charge in [-0.3, -0.25) is 14.5 Å². The molecule has 0 bridgehead atoms. The highest BCUT2D eigenvalue weighted by atomic mass is 35.5. The second kappa shape index (κ2) is 7.70. The van der Waals surface area contributed by atoms with Gasteiger partial charge in [-0.1, -0.05) is 24.9 Å². The molecule has 0 atom stereocenters. The standard InChI is InChI=1S/C15H18ClN5O/c1-3-4-8-21-14(16)13(11(2)20-21)10-18-19-15(22)12-6-5-7-17-9-12/h5-7,9-10H,3-4,8H2,1-2H3,(H,19,22)/b18-10-. The van der Waals surface area contributed by atoms with E-state index in [0.29, 0.717) is 16.3 Å². The quantitative estimate of drug-likeness (QED) is 0.657. The highest BCUT2D eigenvalue weighted by Crippen LogP contribution is 2.18. The number of pyridine rings is 1. The van der Waals surface area contributed by atoms with Crippen molar-refractivity contribution in [1.29, 1.82) is 0 Å². The van der Waals surface area contributed by atoms with E-state index in [0.717, 1.165) is 25.1 Å². The molecule has 0 aliphatic rings. The number of amides is 1. The maximum absolute atomic E-state index is 11.8. The summed E-state index contributed by atoms with van der Waals surface area (Å²) in [5.41, 5.74) is 4.39. The summed E-state index contributed by atoms with van der Waals surface area (Å²) in [5, 5.41) is 8.85. The van der Waals surface area contributed by atoms with Crippen LogP contribution in [0.5, 0.6) is 0 Å². The minimum atomic E-state index is -0.323. The molecule has 1 N–H and O–H groups in total. The van der Waals surface area contributed by atoms with Crippen LogP contribution in [0.2, 0.25) is 5.15 Å². The van der Waals surface area contributed by atoms with Crippen LogP contribution >= 0.6 is 11.6 Å². The number of nitrogens with one attached hydrogen (secondary N) is 1. The van der Waals surface area contributed by atoms with E-state index in [1.54, 1.807) is 23.0 Å². The molecule has 0 fully saturated rings. The number of carbonyl (C=O) groups is 1. The summed E-state index contributed by atoms with van der Waals surface area (Å²) in [6.07, 6.45) is 6.68. The van der Waals surface area contributed by atoms with Crippen molar-refractivity contribution in [1.82, 2.24) is 20.2 Å². The van der Waals surface area contributed by atoms with Crippen LogP contribution in [0.4, 0.5) is 0 Å². The number of aromatic nitrogens is 3. The fraction of sp³-hybridized carbons (Fsp3) is 0.333. The van der Waals surface area contributed by atoms with Gasteiger partial charge in [0.15, 0.2) is 0 Å². The number of unbranched alkanes of at least 4 members (excludes halogenated alkanes) is 1. The van der Waals surface area contributed by atoms with Gasteiger partial charge in [0.05, 0.1) is 23.0 Å². The van der Waals surface area contributed by atoms with Crippen molar-refractivity contribution in [3.8, 4) is 0 Å². The Morgan fingerprint density at radius 2 is 2.36 bits per heavy atom. The lowest BCUT2D eigenvalue weighted by Crippen LogP contribution is -2.17. The van der Waals surface area contributed by atoms with Crippen LogP contribution in [0, 0.1) is 6.92 Å². The molecule has 6 nitrogen and oxygen atoms in total. The van der Waals surface area contributed by atoms with Gasteiger partial charge in [-0.15, -0.1) is 0 Å². The summed E-state index contributed by atoms with van der Waals surface area (Å²) in [7, 11) is 0. The predicted octanol–water partition coefficient (Wildman–Crippen LogP) is 2.80. The Morgan fingerprint density at radius 1 is 1.55 bits per heavy atom. The molecule has 22 heavy (non-hydrogen) atoms. The maximum Gasteiger partial charge on any atom is 0.272 e. The topological polar surface area (TPSA) is 72.2 Å². The smallest absolute Gasteiger partial charge is 0.267 e. The molecule has 116 valence electrons. The summed E-state index contributed by atoms with van der Waals surface area (Å²) >= 11 is 6.28. The number of nitrogens with zero attached hydrogens (tertiary/aromatic N) is 4. The Balaban J connectivity index is 2.04. The number of hydrogen-bond donors (Lipinski definition) is 1. The minimum Gasteiger partial charge on any atom is -0.267 e. The summed E-state index contributed by atoms with van der Waals surface area (Å²) in [6, 6.07) is 3.36. The first kappa shape index (κ1) is 16.2. The van der Waals surface area contributed by atoms with Crippen LogP contribution in [-0.2, 0) is 6.54 Å². The molecular weight excluding hydrogens is 302 g/mol. The fourth-order valence-electron chi connectivity index (χ4n) is 1.89. The van der Waals surface area contributed by atoms with Crippen molar-refractivity contribution in [2.75, 3.05) is 0 Å². The van der Waals surface area contributed by atoms with E-state index in [-0.39, 0.29) is 5.91 Å². The van der Waals surface area contributed by atoms with Crippen molar-refractivity contribution in [3.05, 3.63) is 46.5 Å². The first-order chi connectivity index (χ1) is 10.6. The summed E-state index contributed by atoms with van der Waals surface area (Å²) in [5.74, 6) is -0.323. The monoisotopic (exact) mass is 319 g/mol. The van der Waals surface area contributed by atoms with Gasteiger partial charge in [0, 0.05) is 18.9 Å². The lowest BCUT2D eigenvalue weighted by Gasteiger charge is -2.00. The number of rotatable bonds is 6. The van der Waals surface area contributed by atoms with Crippen LogP contribution in [-0.4, -0.2) is 26.9 Å². The van der Waals surface area contributed by atoms with E-state index < -0.39 is 0 Å². The van der Waals surface area contributed by atoms with Crippen LogP contribution in [0.1, 0.15) is 41.4 Å². The van der Waals surface area contributed by atoms with Crippen molar-refractivity contribution >= 4 is 23.7 Å². The second-order valence-electron chi connectivity index (χ2n) is 4.81. The van der Waals surface area contributed by atoms with Crippen LogP contribution in [0.3, 0.4) is 0 Å². The Bertz CT molecular complexity index is 666. The van der Waals surface area contributed by atoms with Gasteiger partial charge in [0.2, 0.25) is 0 Å². The number of halogens is 1. The van der Waals surface area contributed by atoms with Crippen molar-refractivity contribution < 1.29 is 4.79 Å². The van der Waals surface area contributed by atoms with Gasteiger partial charge in [0.1, 0.15) is 5.15 Å². The zero-order valence-electron chi connectivity index (χ0n) is 12.6. The van der Waals surface area contributed by atoms with E-state index in [4.69, 9.17) is 11.6 Å². The first-order valence-corrected chi connectivity index (χ1v) is 7.47. The van der Waals surface area contributed by atoms with E-state index in [1.165, 1.54) is 12.4 Å². The SMILES string of the molecule is CCCCn1nc(C)c(/C=N\NC(=O)c2cccnc2)c1Cl. The summed E-state index contributed by atoms with van der Waals surface area (Å²) in [4.78, 5) is 15.7. The number of aryl methyl sites for hydroxylation is 2. The average Bonchev–Trinajstić information content (AvgIpc) is 2.81. The van der Waals surface area contributed by atoms with Crippen LogP contribution < -0.4 is 5.43 Å². The molecule has 2 aromatic rings. The third-order valence-corrected chi connectivity index (χ3v) is 3.52. The Kier molecular flexibility index (Phi) is 5.66. The van der Waals surface area contributed by atoms with E-state index in [1.807, 2.05) is 6.92 Å². The molecule has 0 unspecified atom stereocenters. The second-order valence-corrected chi connectivity index (χ2v) is 5.17. The van der Waals surface area contributed by atoms with Crippen molar-refractivity contribution in [2.24, 2.45) is 5.10 Å². The predicted molar refractivity (Wildman–Crippen MR) is 86.2 cm³/mol. The highest BCUT2D eigenvalue weighted by Gasteiger charge is 2.11. The normalized spacial score (nSPS) is 11.0. The Morgan fingerprint density at radius 3 is 3.05 bits per heavy atom. The van der Waals surface area contributed by atoms with Crippen molar-refractivity contribution in [2.45, 2.75) is 33.2 Å². The fourth-order valence-corrected chi connectivity index (χ4v) is 2.19. The molecule has 2 rings (SSSR count).